The molecule has 0 spiro atoms. The fourth-order valence-electron chi connectivity index (χ4n) is 3.13. The van der Waals surface area contributed by atoms with Crippen LogP contribution < -0.4 is 0 Å². The van der Waals surface area contributed by atoms with Gasteiger partial charge in [0.05, 0.1) is 6.54 Å². The summed E-state index contributed by atoms with van der Waals surface area (Å²) < 4.78 is 20.3. The summed E-state index contributed by atoms with van der Waals surface area (Å²) in [7, 11) is 0. The predicted molar refractivity (Wildman–Crippen MR) is 97.8 cm³/mol. The highest BCUT2D eigenvalue weighted by Crippen LogP contribution is 2.27. The van der Waals surface area contributed by atoms with Crippen LogP contribution in [0.5, 0.6) is 0 Å². The summed E-state index contributed by atoms with van der Waals surface area (Å²) in [4.78, 5) is 19.0. The molecular weight excluding hydrogens is 383 g/mol. The fourth-order valence-corrected chi connectivity index (χ4v) is 3.76. The van der Waals surface area contributed by atoms with Gasteiger partial charge in [-0.1, -0.05) is 22.5 Å². The van der Waals surface area contributed by atoms with E-state index in [1.807, 2.05) is 16.8 Å². The Morgan fingerprint density at radius 2 is 2.18 bits per heavy atom. The van der Waals surface area contributed by atoms with Crippen molar-refractivity contribution in [1.29, 1.82) is 0 Å². The van der Waals surface area contributed by atoms with Gasteiger partial charge in [-0.05, 0) is 29.1 Å². The first-order valence-electron chi connectivity index (χ1n) is 8.53. The third kappa shape index (κ3) is 2.87. The number of halogens is 1. The van der Waals surface area contributed by atoms with E-state index in [-0.39, 0.29) is 23.3 Å². The van der Waals surface area contributed by atoms with E-state index >= 15 is 0 Å². The first kappa shape index (κ1) is 16.8. The summed E-state index contributed by atoms with van der Waals surface area (Å²) in [5, 5.41) is 15.9. The van der Waals surface area contributed by atoms with Crippen LogP contribution in [0.1, 0.15) is 16.1 Å². The third-order valence-corrected chi connectivity index (χ3v) is 5.16. The number of hydrogen-bond acceptors (Lipinski definition) is 7. The van der Waals surface area contributed by atoms with Crippen LogP contribution in [0, 0.1) is 5.82 Å². The molecule has 4 heterocycles. The van der Waals surface area contributed by atoms with Gasteiger partial charge in [-0.15, -0.1) is 5.10 Å². The molecule has 4 aromatic rings. The number of aromatic nitrogens is 5. The molecule has 3 aromatic heterocycles. The van der Waals surface area contributed by atoms with E-state index in [1.165, 1.54) is 28.2 Å². The Bertz CT molecular complexity index is 1150. The van der Waals surface area contributed by atoms with Gasteiger partial charge in [-0.25, -0.2) is 9.07 Å². The molecule has 0 N–H and O–H groups in total. The Morgan fingerprint density at radius 3 is 3.00 bits per heavy atom. The number of rotatable bonds is 4. The van der Waals surface area contributed by atoms with Crippen LogP contribution in [0.2, 0.25) is 0 Å². The molecule has 0 fully saturated rings. The van der Waals surface area contributed by atoms with Crippen molar-refractivity contribution >= 4 is 17.2 Å². The van der Waals surface area contributed by atoms with E-state index in [0.717, 1.165) is 5.56 Å². The molecule has 140 valence electrons. The van der Waals surface area contributed by atoms with Crippen molar-refractivity contribution in [3.8, 4) is 23.0 Å². The van der Waals surface area contributed by atoms with Crippen LogP contribution in [-0.2, 0) is 13.1 Å². The highest BCUT2D eigenvalue weighted by atomic mass is 32.1. The molecule has 1 aliphatic heterocycles. The zero-order chi connectivity index (χ0) is 19.1. The molecule has 5 rings (SSSR count). The lowest BCUT2D eigenvalue weighted by Gasteiger charge is -2.27. The minimum atomic E-state index is -0.332. The maximum absolute atomic E-state index is 13.5. The minimum absolute atomic E-state index is 0.142. The largest absolute Gasteiger partial charge is 0.332 e. The third-order valence-electron chi connectivity index (χ3n) is 4.48. The first-order valence-corrected chi connectivity index (χ1v) is 9.47. The van der Waals surface area contributed by atoms with Crippen LogP contribution in [-0.4, -0.2) is 42.5 Å². The van der Waals surface area contributed by atoms with Crippen LogP contribution in [0.3, 0.4) is 0 Å². The molecule has 10 heteroatoms. The highest BCUT2D eigenvalue weighted by molar-refractivity contribution is 7.08. The lowest BCUT2D eigenvalue weighted by molar-refractivity contribution is 0.0683. The monoisotopic (exact) mass is 396 g/mol. The van der Waals surface area contributed by atoms with Gasteiger partial charge in [-0.2, -0.15) is 16.3 Å². The lowest BCUT2D eigenvalue weighted by Crippen LogP contribution is -2.40. The number of amides is 1. The molecule has 0 aliphatic carbocycles. The zero-order valence-corrected chi connectivity index (χ0v) is 15.3. The van der Waals surface area contributed by atoms with Crippen LogP contribution in [0.15, 0.2) is 45.6 Å². The SMILES string of the molecule is O=C1c2c(-c3nc(-c4ccsc4)no3)nnn2CCN1Cc1cccc(F)c1. The Hall–Kier alpha value is -3.40. The second-order valence-corrected chi connectivity index (χ2v) is 7.08. The second kappa shape index (κ2) is 6.64. The topological polar surface area (TPSA) is 89.9 Å². The van der Waals surface area contributed by atoms with Gasteiger partial charge < -0.3 is 9.42 Å². The summed E-state index contributed by atoms with van der Waals surface area (Å²) in [6.45, 7) is 1.23. The van der Waals surface area contributed by atoms with Gasteiger partial charge in [-0.3, -0.25) is 4.79 Å². The van der Waals surface area contributed by atoms with Gasteiger partial charge in [0.25, 0.3) is 11.8 Å². The Kier molecular flexibility index (Phi) is 3.97. The van der Waals surface area contributed by atoms with Gasteiger partial charge in [0.2, 0.25) is 5.82 Å². The van der Waals surface area contributed by atoms with Crippen molar-refractivity contribution in [1.82, 2.24) is 30.0 Å². The summed E-state index contributed by atoms with van der Waals surface area (Å²) in [5.74, 6) is -0.0201. The number of thiophene rings is 1. The second-order valence-electron chi connectivity index (χ2n) is 6.30. The molecule has 0 atom stereocenters. The molecule has 0 bridgehead atoms. The van der Waals surface area contributed by atoms with Gasteiger partial charge >= 0.3 is 0 Å². The van der Waals surface area contributed by atoms with Crippen LogP contribution in [0.4, 0.5) is 4.39 Å². The average molecular weight is 396 g/mol. The van der Waals surface area contributed by atoms with Gasteiger partial charge in [0.15, 0.2) is 11.4 Å². The molecule has 1 aromatic carbocycles. The number of fused-ring (bicyclic) bond motifs is 1. The Morgan fingerprint density at radius 1 is 1.25 bits per heavy atom. The molecule has 1 amide bonds. The smallest absolute Gasteiger partial charge is 0.281 e. The number of carbonyl (C=O) groups excluding carboxylic acids is 1. The molecule has 0 unspecified atom stereocenters. The first-order chi connectivity index (χ1) is 13.7. The van der Waals surface area contributed by atoms with E-state index in [1.54, 1.807) is 17.0 Å². The van der Waals surface area contributed by atoms with Crippen molar-refractivity contribution in [3.05, 3.63) is 58.2 Å². The van der Waals surface area contributed by atoms with Gasteiger partial charge in [0, 0.05) is 24.0 Å². The Balaban J connectivity index is 1.45. The minimum Gasteiger partial charge on any atom is -0.332 e. The number of hydrogen-bond donors (Lipinski definition) is 0. The maximum Gasteiger partial charge on any atom is 0.281 e. The normalized spacial score (nSPS) is 13.8. The van der Waals surface area contributed by atoms with Crippen molar-refractivity contribution in [3.63, 3.8) is 0 Å². The maximum atomic E-state index is 13.5. The van der Waals surface area contributed by atoms with Gasteiger partial charge in [0.1, 0.15) is 5.82 Å². The van der Waals surface area contributed by atoms with Crippen LogP contribution in [0.25, 0.3) is 23.0 Å². The standard InChI is InChI=1S/C18H13FN6O2S/c19-13-3-1-2-11(8-13)9-24-5-6-25-15(18(24)26)14(21-23-25)17-20-16(22-27-17)12-4-7-28-10-12/h1-4,7-8,10H,5-6,9H2. The van der Waals surface area contributed by atoms with E-state index in [2.05, 4.69) is 20.5 Å². The molecule has 1 aliphatic rings. The van der Waals surface area contributed by atoms with Crippen LogP contribution >= 0.6 is 11.3 Å². The van der Waals surface area contributed by atoms with Crippen molar-refractivity contribution in [2.45, 2.75) is 13.1 Å². The average Bonchev–Trinajstić information content (AvgIpc) is 3.44. The van der Waals surface area contributed by atoms with Crippen molar-refractivity contribution < 1.29 is 13.7 Å². The molecular formula is C18H13FN6O2S. The van der Waals surface area contributed by atoms with E-state index < -0.39 is 0 Å². The zero-order valence-electron chi connectivity index (χ0n) is 14.4. The van der Waals surface area contributed by atoms with E-state index in [9.17, 15) is 9.18 Å². The predicted octanol–water partition coefficient (Wildman–Crippen LogP) is 2.85. The van der Waals surface area contributed by atoms with E-state index in [0.29, 0.717) is 36.7 Å². The molecule has 0 saturated heterocycles. The highest BCUT2D eigenvalue weighted by Gasteiger charge is 2.32. The fraction of sp³-hybridized carbons (Fsp3) is 0.167. The lowest BCUT2D eigenvalue weighted by atomic mass is 10.1. The van der Waals surface area contributed by atoms with Crippen molar-refractivity contribution in [2.24, 2.45) is 0 Å². The summed E-state index contributed by atoms with van der Waals surface area (Å²) >= 11 is 1.53. The summed E-state index contributed by atoms with van der Waals surface area (Å²) in [5.41, 5.74) is 2.10. The Labute approximate surface area is 162 Å². The summed E-state index contributed by atoms with van der Waals surface area (Å²) in [6, 6.07) is 8.09. The summed E-state index contributed by atoms with van der Waals surface area (Å²) in [6.07, 6.45) is 0. The number of benzene rings is 1. The number of nitrogens with zero attached hydrogens (tertiary/aromatic N) is 6. The quantitative estimate of drug-likeness (QED) is 0.527. The van der Waals surface area contributed by atoms with E-state index in [4.69, 9.17) is 4.52 Å². The molecule has 0 radical (unpaired) electrons. The number of carbonyl (C=O) groups is 1. The van der Waals surface area contributed by atoms with Crippen molar-refractivity contribution in [2.75, 3.05) is 6.54 Å². The molecule has 28 heavy (non-hydrogen) atoms. The molecule has 8 nitrogen and oxygen atoms in total. The molecule has 0 saturated carbocycles.